The molecule has 0 saturated heterocycles. The topological polar surface area (TPSA) is 88.0 Å². The standard InChI is InChI=1S/C11H14N6O/c1-7-4-10(14-13-7)11(18)15-12-5-9-6-17(3)16-8(9)2/h4-6H,1-3H3,(H,13,14)(H,15,18). The molecule has 2 rings (SSSR count). The van der Waals surface area contributed by atoms with E-state index in [1.165, 1.54) is 0 Å². The van der Waals surface area contributed by atoms with Crippen LogP contribution in [-0.4, -0.2) is 32.1 Å². The van der Waals surface area contributed by atoms with Gasteiger partial charge in [0.25, 0.3) is 5.91 Å². The van der Waals surface area contributed by atoms with Crippen molar-refractivity contribution < 1.29 is 4.79 Å². The maximum absolute atomic E-state index is 11.6. The highest BCUT2D eigenvalue weighted by Crippen LogP contribution is 2.00. The normalized spacial score (nSPS) is 11.1. The van der Waals surface area contributed by atoms with Crippen molar-refractivity contribution in [3.05, 3.63) is 34.9 Å². The lowest BCUT2D eigenvalue weighted by Gasteiger charge is -1.93. The van der Waals surface area contributed by atoms with Gasteiger partial charge >= 0.3 is 0 Å². The van der Waals surface area contributed by atoms with E-state index in [-0.39, 0.29) is 5.91 Å². The Hall–Kier alpha value is -2.44. The van der Waals surface area contributed by atoms with E-state index in [4.69, 9.17) is 0 Å². The molecule has 0 radical (unpaired) electrons. The smallest absolute Gasteiger partial charge is 0.282 e. The highest BCUT2D eigenvalue weighted by Gasteiger charge is 2.07. The Labute approximate surface area is 104 Å². The summed E-state index contributed by atoms with van der Waals surface area (Å²) >= 11 is 0. The third-order valence-corrected chi connectivity index (χ3v) is 2.36. The van der Waals surface area contributed by atoms with E-state index in [0.717, 1.165) is 17.0 Å². The van der Waals surface area contributed by atoms with Crippen LogP contribution >= 0.6 is 0 Å². The summed E-state index contributed by atoms with van der Waals surface area (Å²) < 4.78 is 1.69. The number of nitrogens with zero attached hydrogens (tertiary/aromatic N) is 4. The molecule has 0 unspecified atom stereocenters. The summed E-state index contributed by atoms with van der Waals surface area (Å²) in [5.41, 5.74) is 5.26. The van der Waals surface area contributed by atoms with E-state index < -0.39 is 0 Å². The maximum atomic E-state index is 11.6. The van der Waals surface area contributed by atoms with Crippen molar-refractivity contribution in [3.63, 3.8) is 0 Å². The minimum Gasteiger partial charge on any atom is -0.282 e. The fraction of sp³-hybridized carbons (Fsp3) is 0.273. The zero-order chi connectivity index (χ0) is 13.1. The Morgan fingerprint density at radius 1 is 1.56 bits per heavy atom. The second kappa shape index (κ2) is 4.82. The van der Waals surface area contributed by atoms with Crippen molar-refractivity contribution in [2.45, 2.75) is 13.8 Å². The fourth-order valence-electron chi connectivity index (χ4n) is 1.50. The Balaban J connectivity index is 1.99. The molecule has 0 spiro atoms. The lowest BCUT2D eigenvalue weighted by molar-refractivity contribution is 0.0950. The second-order valence-corrected chi connectivity index (χ2v) is 3.98. The number of aromatic nitrogens is 4. The quantitative estimate of drug-likeness (QED) is 0.611. The van der Waals surface area contributed by atoms with Gasteiger partial charge in [-0.2, -0.15) is 15.3 Å². The number of amides is 1. The first kappa shape index (κ1) is 12.0. The fourth-order valence-corrected chi connectivity index (χ4v) is 1.50. The van der Waals surface area contributed by atoms with Crippen molar-refractivity contribution in [2.24, 2.45) is 12.1 Å². The van der Waals surface area contributed by atoms with Gasteiger partial charge in [0, 0.05) is 24.5 Å². The van der Waals surface area contributed by atoms with E-state index in [0.29, 0.717) is 5.69 Å². The van der Waals surface area contributed by atoms with Crippen LogP contribution in [-0.2, 0) is 7.05 Å². The number of rotatable bonds is 3. The first-order valence-electron chi connectivity index (χ1n) is 5.42. The van der Waals surface area contributed by atoms with Crippen LogP contribution in [0.1, 0.15) is 27.4 Å². The average molecular weight is 246 g/mol. The maximum Gasteiger partial charge on any atom is 0.291 e. The van der Waals surface area contributed by atoms with E-state index in [9.17, 15) is 4.79 Å². The molecule has 0 atom stereocenters. The zero-order valence-electron chi connectivity index (χ0n) is 10.4. The van der Waals surface area contributed by atoms with Crippen LogP contribution in [0.2, 0.25) is 0 Å². The van der Waals surface area contributed by atoms with Gasteiger partial charge in [-0.3, -0.25) is 14.6 Å². The molecule has 2 aromatic heterocycles. The lowest BCUT2D eigenvalue weighted by Crippen LogP contribution is -2.18. The zero-order valence-corrected chi connectivity index (χ0v) is 10.4. The number of hydrazone groups is 1. The van der Waals surface area contributed by atoms with Crippen molar-refractivity contribution in [1.29, 1.82) is 0 Å². The molecule has 2 N–H and O–H groups in total. The Kier molecular flexibility index (Phi) is 3.22. The van der Waals surface area contributed by atoms with Crippen LogP contribution in [0.25, 0.3) is 0 Å². The van der Waals surface area contributed by atoms with Gasteiger partial charge in [-0.15, -0.1) is 0 Å². The van der Waals surface area contributed by atoms with Crippen LogP contribution in [0.3, 0.4) is 0 Å². The Morgan fingerprint density at radius 3 is 2.89 bits per heavy atom. The summed E-state index contributed by atoms with van der Waals surface area (Å²) in [6.07, 6.45) is 3.38. The first-order valence-corrected chi connectivity index (χ1v) is 5.42. The number of hydrogen-bond donors (Lipinski definition) is 2. The van der Waals surface area contributed by atoms with Gasteiger partial charge in [-0.05, 0) is 19.9 Å². The minimum absolute atomic E-state index is 0.313. The molecule has 2 aromatic rings. The third kappa shape index (κ3) is 2.62. The van der Waals surface area contributed by atoms with Crippen LogP contribution in [0.15, 0.2) is 17.4 Å². The van der Waals surface area contributed by atoms with E-state index >= 15 is 0 Å². The summed E-state index contributed by atoms with van der Waals surface area (Å²) in [5, 5.41) is 14.6. The molecule has 18 heavy (non-hydrogen) atoms. The van der Waals surface area contributed by atoms with Gasteiger partial charge in [0.2, 0.25) is 0 Å². The summed E-state index contributed by atoms with van der Waals surface area (Å²) in [6, 6.07) is 1.65. The molecule has 0 aliphatic heterocycles. The van der Waals surface area contributed by atoms with Gasteiger partial charge in [0.15, 0.2) is 5.69 Å². The molecule has 0 aliphatic carbocycles. The number of nitrogens with one attached hydrogen (secondary N) is 2. The number of carbonyl (C=O) groups excluding carboxylic acids is 1. The van der Waals surface area contributed by atoms with Crippen molar-refractivity contribution in [1.82, 2.24) is 25.4 Å². The van der Waals surface area contributed by atoms with Gasteiger partial charge in [0.1, 0.15) is 0 Å². The summed E-state index contributed by atoms with van der Waals surface area (Å²) in [6.45, 7) is 3.70. The number of carbonyl (C=O) groups is 1. The van der Waals surface area contributed by atoms with Gasteiger partial charge in [-0.1, -0.05) is 0 Å². The van der Waals surface area contributed by atoms with Crippen LogP contribution in [0.4, 0.5) is 0 Å². The molecular formula is C11H14N6O. The Morgan fingerprint density at radius 2 is 2.33 bits per heavy atom. The van der Waals surface area contributed by atoms with Crippen LogP contribution < -0.4 is 5.43 Å². The molecule has 7 heteroatoms. The molecule has 7 nitrogen and oxygen atoms in total. The first-order chi connectivity index (χ1) is 8.56. The number of aryl methyl sites for hydroxylation is 3. The highest BCUT2D eigenvalue weighted by atomic mass is 16.2. The predicted octanol–water partition coefficient (Wildman–Crippen LogP) is 0.524. The molecule has 0 bridgehead atoms. The summed E-state index contributed by atoms with van der Waals surface area (Å²) in [7, 11) is 1.83. The monoisotopic (exact) mass is 246 g/mol. The largest absolute Gasteiger partial charge is 0.291 e. The van der Waals surface area contributed by atoms with E-state index in [1.807, 2.05) is 27.1 Å². The van der Waals surface area contributed by atoms with Crippen LogP contribution in [0.5, 0.6) is 0 Å². The molecule has 1 amide bonds. The molecule has 0 saturated carbocycles. The summed E-state index contributed by atoms with van der Waals surface area (Å²) in [4.78, 5) is 11.6. The van der Waals surface area contributed by atoms with Crippen LogP contribution in [0, 0.1) is 13.8 Å². The molecule has 0 fully saturated rings. The van der Waals surface area contributed by atoms with E-state index in [1.54, 1.807) is 17.0 Å². The molecule has 94 valence electrons. The number of aromatic amines is 1. The average Bonchev–Trinajstić information content (AvgIpc) is 2.86. The second-order valence-electron chi connectivity index (χ2n) is 3.98. The molecule has 2 heterocycles. The third-order valence-electron chi connectivity index (χ3n) is 2.36. The van der Waals surface area contributed by atoms with Gasteiger partial charge in [-0.25, -0.2) is 5.43 Å². The van der Waals surface area contributed by atoms with Crippen molar-refractivity contribution in [2.75, 3.05) is 0 Å². The van der Waals surface area contributed by atoms with Crippen molar-refractivity contribution in [3.8, 4) is 0 Å². The predicted molar refractivity (Wildman–Crippen MR) is 66.3 cm³/mol. The van der Waals surface area contributed by atoms with Gasteiger partial charge < -0.3 is 0 Å². The summed E-state index contributed by atoms with van der Waals surface area (Å²) in [5.74, 6) is -0.350. The molecular weight excluding hydrogens is 232 g/mol. The number of H-pyrrole nitrogens is 1. The molecule has 0 aliphatic rings. The lowest BCUT2D eigenvalue weighted by atomic mass is 10.3. The Bertz CT molecular complexity index is 594. The minimum atomic E-state index is -0.350. The van der Waals surface area contributed by atoms with Crippen molar-refractivity contribution >= 4 is 12.1 Å². The SMILES string of the molecule is Cc1cc(C(=O)NN=Cc2cn(C)nc2C)n[nH]1. The number of hydrogen-bond acceptors (Lipinski definition) is 4. The molecule has 0 aromatic carbocycles. The highest BCUT2D eigenvalue weighted by molar-refractivity contribution is 5.93. The van der Waals surface area contributed by atoms with E-state index in [2.05, 4.69) is 25.8 Å². The van der Waals surface area contributed by atoms with Gasteiger partial charge in [0.05, 0.1) is 11.9 Å².